The highest BCUT2D eigenvalue weighted by molar-refractivity contribution is 5.52. The van der Waals surface area contributed by atoms with Gasteiger partial charge in [-0.05, 0) is 32.4 Å². The molecule has 17 heavy (non-hydrogen) atoms. The molecule has 1 heterocycles. The van der Waals surface area contributed by atoms with E-state index >= 15 is 0 Å². The van der Waals surface area contributed by atoms with Gasteiger partial charge in [0.2, 0.25) is 0 Å². The average molecular weight is 237 g/mol. The minimum Gasteiger partial charge on any atom is -0.490 e. The number of hydrogen-bond acceptors (Lipinski definition) is 4. The molecule has 0 saturated carbocycles. The van der Waals surface area contributed by atoms with Crippen molar-refractivity contribution < 1.29 is 4.74 Å². The third-order valence-corrected chi connectivity index (χ3v) is 2.48. The molecule has 0 unspecified atom stereocenters. The highest BCUT2D eigenvalue weighted by Gasteiger charge is 2.15. The van der Waals surface area contributed by atoms with Gasteiger partial charge >= 0.3 is 0 Å². The molecule has 0 aliphatic rings. The zero-order valence-electron chi connectivity index (χ0n) is 11.0. The number of nitrogens with two attached hydrogens (primary N) is 1. The Labute approximate surface area is 104 Å². The average Bonchev–Trinajstić information content (AvgIpc) is 2.33. The van der Waals surface area contributed by atoms with Crippen LogP contribution in [-0.4, -0.2) is 30.7 Å². The van der Waals surface area contributed by atoms with Crippen LogP contribution in [0.5, 0.6) is 5.75 Å². The van der Waals surface area contributed by atoms with Gasteiger partial charge in [-0.25, -0.2) is 4.98 Å². The van der Waals surface area contributed by atoms with Crippen LogP contribution in [0.2, 0.25) is 0 Å². The first-order valence-corrected chi connectivity index (χ1v) is 6.25. The van der Waals surface area contributed by atoms with E-state index in [0.29, 0.717) is 19.2 Å². The van der Waals surface area contributed by atoms with Crippen LogP contribution in [0.3, 0.4) is 0 Å². The van der Waals surface area contributed by atoms with E-state index in [4.69, 9.17) is 10.5 Å². The number of pyridine rings is 1. The topological polar surface area (TPSA) is 51.4 Å². The van der Waals surface area contributed by atoms with Gasteiger partial charge in [0.25, 0.3) is 0 Å². The summed E-state index contributed by atoms with van der Waals surface area (Å²) in [5.41, 5.74) is 5.64. The van der Waals surface area contributed by atoms with Gasteiger partial charge in [-0.1, -0.05) is 6.92 Å². The summed E-state index contributed by atoms with van der Waals surface area (Å²) in [6.45, 7) is 8.48. The summed E-state index contributed by atoms with van der Waals surface area (Å²) in [4.78, 5) is 6.59. The minimum atomic E-state index is 0.359. The first kappa shape index (κ1) is 13.8. The minimum absolute atomic E-state index is 0.359. The molecule has 0 amide bonds. The summed E-state index contributed by atoms with van der Waals surface area (Å²) in [6, 6.07) is 4.22. The maximum absolute atomic E-state index is 5.72. The van der Waals surface area contributed by atoms with Gasteiger partial charge in [0.1, 0.15) is 0 Å². The van der Waals surface area contributed by atoms with Gasteiger partial charge in [-0.3, -0.25) is 0 Å². The monoisotopic (exact) mass is 237 g/mol. The molecule has 0 bridgehead atoms. The third kappa shape index (κ3) is 3.89. The first-order valence-electron chi connectivity index (χ1n) is 6.25. The number of ether oxygens (including phenoxy) is 1. The summed E-state index contributed by atoms with van der Waals surface area (Å²) >= 11 is 0. The number of hydrogen-bond donors (Lipinski definition) is 1. The van der Waals surface area contributed by atoms with E-state index < -0.39 is 0 Å². The van der Waals surface area contributed by atoms with E-state index in [0.717, 1.165) is 24.5 Å². The normalized spacial score (nSPS) is 10.6. The fourth-order valence-corrected chi connectivity index (χ4v) is 1.67. The number of aromatic nitrogens is 1. The van der Waals surface area contributed by atoms with Crippen LogP contribution in [0.4, 0.5) is 5.82 Å². The molecular weight excluding hydrogens is 214 g/mol. The molecule has 2 N–H and O–H groups in total. The van der Waals surface area contributed by atoms with Crippen molar-refractivity contribution in [3.63, 3.8) is 0 Å². The van der Waals surface area contributed by atoms with Crippen LogP contribution in [0.25, 0.3) is 0 Å². The molecule has 1 aromatic rings. The molecular formula is C13H23N3O. The van der Waals surface area contributed by atoms with Crippen LogP contribution in [-0.2, 0) is 0 Å². The predicted molar refractivity (Wildman–Crippen MR) is 71.6 cm³/mol. The Morgan fingerprint density at radius 3 is 2.82 bits per heavy atom. The Kier molecular flexibility index (Phi) is 5.77. The van der Waals surface area contributed by atoms with E-state index in [9.17, 15) is 0 Å². The van der Waals surface area contributed by atoms with Crippen LogP contribution >= 0.6 is 0 Å². The second-order valence-electron chi connectivity index (χ2n) is 4.25. The molecule has 0 aliphatic heterocycles. The SMILES string of the molecule is CCCOc1cccnc1N(CCN)C(C)C. The maximum Gasteiger partial charge on any atom is 0.171 e. The molecule has 0 spiro atoms. The van der Waals surface area contributed by atoms with Crippen molar-refractivity contribution in [2.75, 3.05) is 24.6 Å². The molecule has 4 heteroatoms. The molecule has 0 saturated heterocycles. The molecule has 96 valence electrons. The quantitative estimate of drug-likeness (QED) is 0.788. The molecule has 0 radical (unpaired) electrons. The summed E-state index contributed by atoms with van der Waals surface area (Å²) < 4.78 is 5.72. The molecule has 0 fully saturated rings. The van der Waals surface area contributed by atoms with Crippen LogP contribution < -0.4 is 15.4 Å². The van der Waals surface area contributed by atoms with Crippen LogP contribution in [0.15, 0.2) is 18.3 Å². The van der Waals surface area contributed by atoms with E-state index in [1.807, 2.05) is 12.1 Å². The van der Waals surface area contributed by atoms with Crippen molar-refractivity contribution >= 4 is 5.82 Å². The molecule has 0 atom stereocenters. The van der Waals surface area contributed by atoms with Crippen molar-refractivity contribution in [3.8, 4) is 5.75 Å². The predicted octanol–water partition coefficient (Wildman–Crippen LogP) is 2.04. The molecule has 0 aliphatic carbocycles. The lowest BCUT2D eigenvalue weighted by atomic mass is 10.3. The standard InChI is InChI=1S/C13H23N3O/c1-4-10-17-12-6-5-8-15-13(12)16(9-7-14)11(2)3/h5-6,8,11H,4,7,9-10,14H2,1-3H3. The summed E-state index contributed by atoms with van der Waals surface area (Å²) in [6.07, 6.45) is 2.78. The zero-order chi connectivity index (χ0) is 12.7. The third-order valence-electron chi connectivity index (χ3n) is 2.48. The summed E-state index contributed by atoms with van der Waals surface area (Å²) in [7, 11) is 0. The fourth-order valence-electron chi connectivity index (χ4n) is 1.67. The van der Waals surface area contributed by atoms with Crippen molar-refractivity contribution in [1.29, 1.82) is 0 Å². The Morgan fingerprint density at radius 2 is 2.24 bits per heavy atom. The Balaban J connectivity index is 2.92. The zero-order valence-corrected chi connectivity index (χ0v) is 11.0. The fraction of sp³-hybridized carbons (Fsp3) is 0.615. The van der Waals surface area contributed by atoms with Gasteiger partial charge in [-0.15, -0.1) is 0 Å². The lowest BCUT2D eigenvalue weighted by molar-refractivity contribution is 0.316. The Hall–Kier alpha value is -1.29. The van der Waals surface area contributed by atoms with Crippen LogP contribution in [0.1, 0.15) is 27.2 Å². The smallest absolute Gasteiger partial charge is 0.171 e. The van der Waals surface area contributed by atoms with Gasteiger partial charge in [0, 0.05) is 25.3 Å². The highest BCUT2D eigenvalue weighted by atomic mass is 16.5. The maximum atomic E-state index is 5.72. The second-order valence-corrected chi connectivity index (χ2v) is 4.25. The molecule has 0 aromatic carbocycles. The number of anilines is 1. The lowest BCUT2D eigenvalue weighted by Crippen LogP contribution is -2.36. The largest absolute Gasteiger partial charge is 0.490 e. The second kappa shape index (κ2) is 7.12. The van der Waals surface area contributed by atoms with Gasteiger partial charge in [-0.2, -0.15) is 0 Å². The lowest BCUT2D eigenvalue weighted by Gasteiger charge is -2.28. The van der Waals surface area contributed by atoms with E-state index in [2.05, 4.69) is 30.7 Å². The highest BCUT2D eigenvalue weighted by Crippen LogP contribution is 2.26. The van der Waals surface area contributed by atoms with Crippen molar-refractivity contribution in [1.82, 2.24) is 4.98 Å². The van der Waals surface area contributed by atoms with E-state index in [1.165, 1.54) is 0 Å². The van der Waals surface area contributed by atoms with E-state index in [-0.39, 0.29) is 0 Å². The Morgan fingerprint density at radius 1 is 1.47 bits per heavy atom. The van der Waals surface area contributed by atoms with Gasteiger partial charge < -0.3 is 15.4 Å². The summed E-state index contributed by atoms with van der Waals surface area (Å²) in [5, 5.41) is 0. The van der Waals surface area contributed by atoms with Crippen molar-refractivity contribution in [2.24, 2.45) is 5.73 Å². The Bertz CT molecular complexity index is 328. The van der Waals surface area contributed by atoms with E-state index in [1.54, 1.807) is 6.20 Å². The van der Waals surface area contributed by atoms with Crippen LogP contribution in [0, 0.1) is 0 Å². The number of rotatable bonds is 7. The molecule has 4 nitrogen and oxygen atoms in total. The molecule has 1 aromatic heterocycles. The molecule has 1 rings (SSSR count). The van der Waals surface area contributed by atoms with Gasteiger partial charge in [0.15, 0.2) is 11.6 Å². The first-order chi connectivity index (χ1) is 8.20. The van der Waals surface area contributed by atoms with Crippen molar-refractivity contribution in [2.45, 2.75) is 33.2 Å². The van der Waals surface area contributed by atoms with Gasteiger partial charge in [0.05, 0.1) is 6.61 Å². The number of nitrogens with zero attached hydrogens (tertiary/aromatic N) is 2. The summed E-state index contributed by atoms with van der Waals surface area (Å²) in [5.74, 6) is 1.73. The van der Waals surface area contributed by atoms with Crippen molar-refractivity contribution in [3.05, 3.63) is 18.3 Å².